The molecule has 3 aromatic rings. The summed E-state index contributed by atoms with van der Waals surface area (Å²) in [5, 5.41) is 13.3. The summed E-state index contributed by atoms with van der Waals surface area (Å²) in [6.07, 6.45) is 1.35. The maximum atomic E-state index is 11.9. The van der Waals surface area contributed by atoms with Crippen molar-refractivity contribution in [2.24, 2.45) is 5.10 Å². The summed E-state index contributed by atoms with van der Waals surface area (Å²) in [6.45, 7) is 0. The number of carbonyl (C=O) groups is 2. The number of nitrogens with zero attached hydrogens (tertiary/aromatic N) is 1. The molecular weight excluding hydrogens is 356 g/mol. The predicted molar refractivity (Wildman–Crippen MR) is 97.6 cm³/mol. The Morgan fingerprint density at radius 3 is 2.58 bits per heavy atom. The lowest BCUT2D eigenvalue weighted by Gasteiger charge is -2.00. The number of carbonyl (C=O) groups excluding carboxylic acids is 1. The third-order valence-electron chi connectivity index (χ3n) is 3.47. The van der Waals surface area contributed by atoms with Crippen molar-refractivity contribution in [2.75, 3.05) is 0 Å². The molecule has 3 rings (SSSR count). The van der Waals surface area contributed by atoms with E-state index in [1.54, 1.807) is 42.5 Å². The first-order valence-electron chi connectivity index (χ1n) is 7.55. The van der Waals surface area contributed by atoms with Gasteiger partial charge in [0.25, 0.3) is 5.91 Å². The van der Waals surface area contributed by atoms with E-state index in [-0.39, 0.29) is 5.56 Å². The number of furan rings is 1. The number of halogens is 1. The lowest BCUT2D eigenvalue weighted by molar-refractivity contribution is 0.0696. The zero-order valence-corrected chi connectivity index (χ0v) is 14.1. The van der Waals surface area contributed by atoms with E-state index in [9.17, 15) is 9.59 Å². The van der Waals surface area contributed by atoms with Crippen LogP contribution in [0.3, 0.4) is 0 Å². The summed E-state index contributed by atoms with van der Waals surface area (Å²) in [5.41, 5.74) is 3.57. The van der Waals surface area contributed by atoms with Gasteiger partial charge in [0.1, 0.15) is 11.5 Å². The number of benzene rings is 2. The normalized spacial score (nSPS) is 10.8. The van der Waals surface area contributed by atoms with Crippen molar-refractivity contribution in [3.63, 3.8) is 0 Å². The number of carboxylic acids is 1. The van der Waals surface area contributed by atoms with Crippen LogP contribution in [-0.2, 0) is 0 Å². The Labute approximate surface area is 153 Å². The largest absolute Gasteiger partial charge is 0.478 e. The fraction of sp³-hybridized carbons (Fsp3) is 0. The first kappa shape index (κ1) is 17.4. The summed E-state index contributed by atoms with van der Waals surface area (Å²) in [7, 11) is 0. The summed E-state index contributed by atoms with van der Waals surface area (Å²) >= 11 is 5.84. The van der Waals surface area contributed by atoms with E-state index in [0.717, 1.165) is 0 Å². The van der Waals surface area contributed by atoms with Crippen molar-refractivity contribution in [3.8, 4) is 11.3 Å². The van der Waals surface area contributed by atoms with E-state index in [4.69, 9.17) is 21.1 Å². The highest BCUT2D eigenvalue weighted by molar-refractivity contribution is 6.30. The molecular formula is C19H13ClN2O4. The fourth-order valence-electron chi connectivity index (χ4n) is 2.23. The van der Waals surface area contributed by atoms with Gasteiger partial charge in [-0.05, 0) is 42.5 Å². The molecule has 26 heavy (non-hydrogen) atoms. The summed E-state index contributed by atoms with van der Waals surface area (Å²) in [6, 6.07) is 16.3. The SMILES string of the molecule is O=C(O)c1cccc(-c2ccc(/C=N/NC(=O)c3cccc(Cl)c3)o2)c1. The quantitative estimate of drug-likeness (QED) is 0.524. The van der Waals surface area contributed by atoms with Gasteiger partial charge in [-0.15, -0.1) is 0 Å². The van der Waals surface area contributed by atoms with Crippen molar-refractivity contribution in [1.82, 2.24) is 5.43 Å². The third kappa shape index (κ3) is 4.17. The molecule has 2 N–H and O–H groups in total. The molecule has 0 fully saturated rings. The zero-order chi connectivity index (χ0) is 18.5. The van der Waals surface area contributed by atoms with Gasteiger partial charge in [-0.2, -0.15) is 5.10 Å². The lowest BCUT2D eigenvalue weighted by atomic mass is 10.1. The molecule has 0 aliphatic rings. The van der Waals surface area contributed by atoms with Crippen LogP contribution in [0.5, 0.6) is 0 Å². The highest BCUT2D eigenvalue weighted by Crippen LogP contribution is 2.22. The molecule has 7 heteroatoms. The van der Waals surface area contributed by atoms with E-state index >= 15 is 0 Å². The minimum Gasteiger partial charge on any atom is -0.478 e. The second-order valence-corrected chi connectivity index (χ2v) is 5.73. The van der Waals surface area contributed by atoms with E-state index in [1.807, 2.05) is 0 Å². The molecule has 0 spiro atoms. The monoisotopic (exact) mass is 368 g/mol. The number of aromatic carboxylic acids is 1. The van der Waals surface area contributed by atoms with E-state index in [1.165, 1.54) is 24.4 Å². The molecule has 0 aliphatic heterocycles. The standard InChI is InChI=1S/C19H13ClN2O4/c20-15-6-2-4-13(10-15)18(23)22-21-11-16-7-8-17(26-16)12-3-1-5-14(9-12)19(24)25/h1-11H,(H,22,23)(H,24,25)/b21-11+. The van der Waals surface area contributed by atoms with Gasteiger partial charge in [0.05, 0.1) is 11.8 Å². The van der Waals surface area contributed by atoms with Crippen molar-refractivity contribution in [3.05, 3.63) is 82.6 Å². The molecule has 0 aliphatic carbocycles. The molecule has 0 radical (unpaired) electrons. The van der Waals surface area contributed by atoms with Gasteiger partial charge in [-0.1, -0.05) is 29.8 Å². The summed E-state index contributed by atoms with van der Waals surface area (Å²) in [5.74, 6) is -0.503. The summed E-state index contributed by atoms with van der Waals surface area (Å²) < 4.78 is 5.60. The maximum Gasteiger partial charge on any atom is 0.335 e. The highest BCUT2D eigenvalue weighted by atomic mass is 35.5. The Bertz CT molecular complexity index is 994. The Morgan fingerprint density at radius 2 is 1.81 bits per heavy atom. The second kappa shape index (κ2) is 7.67. The van der Waals surface area contributed by atoms with Crippen molar-refractivity contribution >= 4 is 29.7 Å². The Balaban J connectivity index is 1.68. The summed E-state index contributed by atoms with van der Waals surface area (Å²) in [4.78, 5) is 23.0. The predicted octanol–water partition coefficient (Wildman–Crippen LogP) is 4.06. The first-order valence-corrected chi connectivity index (χ1v) is 7.93. The van der Waals surface area contributed by atoms with Gasteiger partial charge in [0.15, 0.2) is 0 Å². The second-order valence-electron chi connectivity index (χ2n) is 5.30. The number of carboxylic acid groups (broad SMARTS) is 1. The average molecular weight is 369 g/mol. The van der Waals surface area contributed by atoms with Gasteiger partial charge in [-0.25, -0.2) is 10.2 Å². The van der Waals surface area contributed by atoms with Crippen molar-refractivity contribution < 1.29 is 19.1 Å². The molecule has 0 bridgehead atoms. The van der Waals surface area contributed by atoms with Crippen LogP contribution < -0.4 is 5.43 Å². The molecule has 0 unspecified atom stereocenters. The van der Waals surface area contributed by atoms with Gasteiger partial charge < -0.3 is 9.52 Å². The van der Waals surface area contributed by atoms with Crippen LogP contribution in [-0.4, -0.2) is 23.2 Å². The van der Waals surface area contributed by atoms with Gasteiger partial charge in [-0.3, -0.25) is 4.79 Å². The highest BCUT2D eigenvalue weighted by Gasteiger charge is 2.08. The fourth-order valence-corrected chi connectivity index (χ4v) is 2.42. The van der Waals surface area contributed by atoms with Crippen LogP contribution in [0.25, 0.3) is 11.3 Å². The smallest absolute Gasteiger partial charge is 0.335 e. The van der Waals surface area contributed by atoms with Crippen LogP contribution in [0.15, 0.2) is 70.2 Å². The number of hydrogen-bond acceptors (Lipinski definition) is 4. The van der Waals surface area contributed by atoms with E-state index in [2.05, 4.69) is 10.5 Å². The first-order chi connectivity index (χ1) is 12.5. The molecule has 2 aromatic carbocycles. The van der Waals surface area contributed by atoms with Crippen LogP contribution in [0.2, 0.25) is 5.02 Å². The molecule has 0 saturated carbocycles. The topological polar surface area (TPSA) is 91.9 Å². The van der Waals surface area contributed by atoms with Crippen LogP contribution in [0.1, 0.15) is 26.5 Å². The molecule has 1 amide bonds. The number of hydrazone groups is 1. The van der Waals surface area contributed by atoms with Crippen LogP contribution >= 0.6 is 11.6 Å². The minimum atomic E-state index is -1.01. The third-order valence-corrected chi connectivity index (χ3v) is 3.70. The Morgan fingerprint density at radius 1 is 1.04 bits per heavy atom. The number of rotatable bonds is 5. The zero-order valence-electron chi connectivity index (χ0n) is 13.3. The molecule has 0 saturated heterocycles. The number of hydrogen-bond donors (Lipinski definition) is 2. The van der Waals surface area contributed by atoms with Crippen LogP contribution in [0, 0.1) is 0 Å². The van der Waals surface area contributed by atoms with Gasteiger partial charge in [0.2, 0.25) is 0 Å². The lowest BCUT2D eigenvalue weighted by Crippen LogP contribution is -2.17. The Hall–Kier alpha value is -3.38. The van der Waals surface area contributed by atoms with Crippen molar-refractivity contribution in [2.45, 2.75) is 0 Å². The average Bonchev–Trinajstić information content (AvgIpc) is 3.10. The maximum absolute atomic E-state index is 11.9. The number of nitrogens with one attached hydrogen (secondary N) is 1. The van der Waals surface area contributed by atoms with Gasteiger partial charge >= 0.3 is 5.97 Å². The van der Waals surface area contributed by atoms with Crippen molar-refractivity contribution in [1.29, 1.82) is 0 Å². The molecule has 6 nitrogen and oxygen atoms in total. The van der Waals surface area contributed by atoms with Gasteiger partial charge in [0, 0.05) is 16.1 Å². The number of amides is 1. The minimum absolute atomic E-state index is 0.169. The Kier molecular flexibility index (Phi) is 5.15. The molecule has 1 heterocycles. The molecule has 130 valence electrons. The van der Waals surface area contributed by atoms with E-state index < -0.39 is 11.9 Å². The van der Waals surface area contributed by atoms with E-state index in [0.29, 0.717) is 27.7 Å². The molecule has 1 aromatic heterocycles. The van der Waals surface area contributed by atoms with Crippen LogP contribution in [0.4, 0.5) is 0 Å². The molecule has 0 atom stereocenters.